The molecule has 6 nitrogen and oxygen atoms in total. The molecule has 8 heteroatoms. The van der Waals surface area contributed by atoms with E-state index in [1.54, 1.807) is 0 Å². The number of ether oxygens (including phenoxy) is 2. The van der Waals surface area contributed by atoms with Crippen LogP contribution in [0.4, 0.5) is 0 Å². The molecule has 0 saturated carbocycles. The van der Waals surface area contributed by atoms with Gasteiger partial charge in [-0.1, -0.05) is 18.0 Å². The maximum Gasteiger partial charge on any atom is 0.221 e. The van der Waals surface area contributed by atoms with E-state index in [9.17, 15) is 4.79 Å². The number of benzene rings is 1. The van der Waals surface area contributed by atoms with E-state index in [0.717, 1.165) is 37.2 Å². The number of halogens is 2. The quantitative estimate of drug-likeness (QED) is 0.743. The lowest BCUT2D eigenvalue weighted by Gasteiger charge is -2.36. The SMILES string of the molecule is Cl.NCCC(=O)NCC1CCCCN1Cc1cc(Cl)c2c(c1)OCCCO2. The van der Waals surface area contributed by atoms with E-state index in [-0.39, 0.29) is 18.3 Å². The van der Waals surface area contributed by atoms with Gasteiger partial charge in [-0.15, -0.1) is 12.4 Å². The summed E-state index contributed by atoms with van der Waals surface area (Å²) in [6.07, 6.45) is 4.68. The van der Waals surface area contributed by atoms with Crippen LogP contribution in [-0.4, -0.2) is 49.7 Å². The number of amides is 1. The fraction of sp³-hybridized carbons (Fsp3) is 0.632. The molecular weight excluding hydrogens is 389 g/mol. The molecule has 1 unspecified atom stereocenters. The van der Waals surface area contributed by atoms with E-state index in [4.69, 9.17) is 26.8 Å². The van der Waals surface area contributed by atoms with Crippen LogP contribution in [-0.2, 0) is 11.3 Å². The van der Waals surface area contributed by atoms with Gasteiger partial charge in [0.25, 0.3) is 0 Å². The number of fused-ring (bicyclic) bond motifs is 1. The van der Waals surface area contributed by atoms with Crippen LogP contribution in [0, 0.1) is 0 Å². The molecule has 0 aliphatic carbocycles. The van der Waals surface area contributed by atoms with Crippen LogP contribution in [0.25, 0.3) is 0 Å². The highest BCUT2D eigenvalue weighted by Gasteiger charge is 2.24. The summed E-state index contributed by atoms with van der Waals surface area (Å²) in [4.78, 5) is 14.1. The van der Waals surface area contributed by atoms with E-state index >= 15 is 0 Å². The molecule has 0 radical (unpaired) electrons. The van der Waals surface area contributed by atoms with Crippen molar-refractivity contribution >= 4 is 29.9 Å². The normalized spacial score (nSPS) is 19.7. The second-order valence-corrected chi connectivity index (χ2v) is 7.33. The Bertz CT molecular complexity index is 630. The summed E-state index contributed by atoms with van der Waals surface area (Å²) in [6, 6.07) is 4.33. The van der Waals surface area contributed by atoms with Gasteiger partial charge in [0.1, 0.15) is 0 Å². The minimum absolute atomic E-state index is 0. The first-order valence-corrected chi connectivity index (χ1v) is 9.84. The van der Waals surface area contributed by atoms with Crippen LogP contribution >= 0.6 is 24.0 Å². The molecule has 1 amide bonds. The molecule has 1 aromatic rings. The Balaban J connectivity index is 0.00000261. The number of carbonyl (C=O) groups excluding carboxylic acids is 1. The lowest BCUT2D eigenvalue weighted by atomic mass is 10.0. The molecule has 2 aliphatic rings. The summed E-state index contributed by atoms with van der Waals surface area (Å²) in [5.41, 5.74) is 6.55. The molecule has 2 heterocycles. The summed E-state index contributed by atoms with van der Waals surface area (Å²) in [6.45, 7) is 4.12. The van der Waals surface area contributed by atoms with Crippen molar-refractivity contribution < 1.29 is 14.3 Å². The van der Waals surface area contributed by atoms with Crippen molar-refractivity contribution in [1.82, 2.24) is 10.2 Å². The van der Waals surface area contributed by atoms with E-state index in [2.05, 4.69) is 10.2 Å². The lowest BCUT2D eigenvalue weighted by Crippen LogP contribution is -2.46. The number of hydrogen-bond donors (Lipinski definition) is 2. The first-order valence-electron chi connectivity index (χ1n) is 9.46. The molecule has 0 aromatic heterocycles. The average molecular weight is 418 g/mol. The Kier molecular flexibility index (Phi) is 8.96. The molecule has 0 spiro atoms. The average Bonchev–Trinajstić information content (AvgIpc) is 2.87. The topological polar surface area (TPSA) is 76.8 Å². The van der Waals surface area contributed by atoms with Crippen molar-refractivity contribution in [2.75, 3.05) is 32.8 Å². The third-order valence-electron chi connectivity index (χ3n) is 4.90. The van der Waals surface area contributed by atoms with E-state index in [1.165, 1.54) is 12.8 Å². The number of carbonyl (C=O) groups is 1. The highest BCUT2D eigenvalue weighted by Crippen LogP contribution is 2.38. The van der Waals surface area contributed by atoms with Crippen LogP contribution in [0.15, 0.2) is 12.1 Å². The molecule has 1 aromatic carbocycles. The zero-order valence-corrected chi connectivity index (χ0v) is 17.1. The third kappa shape index (κ3) is 6.14. The van der Waals surface area contributed by atoms with Gasteiger partial charge in [-0.05, 0) is 37.1 Å². The zero-order chi connectivity index (χ0) is 18.4. The number of nitrogens with zero attached hydrogens (tertiary/aromatic N) is 1. The lowest BCUT2D eigenvalue weighted by molar-refractivity contribution is -0.121. The second-order valence-electron chi connectivity index (χ2n) is 6.92. The molecule has 3 rings (SSSR count). The molecule has 1 saturated heterocycles. The highest BCUT2D eigenvalue weighted by atomic mass is 35.5. The predicted molar refractivity (Wildman–Crippen MR) is 109 cm³/mol. The van der Waals surface area contributed by atoms with Gasteiger partial charge in [-0.2, -0.15) is 0 Å². The second kappa shape index (κ2) is 11.0. The van der Waals surface area contributed by atoms with Crippen LogP contribution < -0.4 is 20.5 Å². The summed E-state index contributed by atoms with van der Waals surface area (Å²) in [7, 11) is 0. The van der Waals surface area contributed by atoms with Crippen molar-refractivity contribution in [3.8, 4) is 11.5 Å². The summed E-state index contributed by atoms with van der Waals surface area (Å²) < 4.78 is 11.5. The van der Waals surface area contributed by atoms with Gasteiger partial charge in [-0.25, -0.2) is 0 Å². The largest absolute Gasteiger partial charge is 0.489 e. The van der Waals surface area contributed by atoms with Gasteiger partial charge < -0.3 is 20.5 Å². The van der Waals surface area contributed by atoms with E-state index in [1.807, 2.05) is 12.1 Å². The van der Waals surface area contributed by atoms with E-state index in [0.29, 0.717) is 49.5 Å². The Labute approximate surface area is 172 Å². The number of nitrogens with two attached hydrogens (primary N) is 1. The molecule has 27 heavy (non-hydrogen) atoms. The molecule has 2 aliphatic heterocycles. The van der Waals surface area contributed by atoms with Crippen molar-refractivity contribution in [2.24, 2.45) is 5.73 Å². The predicted octanol–water partition coefficient (Wildman–Crippen LogP) is 2.74. The maximum atomic E-state index is 11.7. The first-order chi connectivity index (χ1) is 12.7. The number of rotatable bonds is 6. The zero-order valence-electron chi connectivity index (χ0n) is 15.5. The summed E-state index contributed by atoms with van der Waals surface area (Å²) in [5.74, 6) is 1.41. The van der Waals surface area contributed by atoms with Crippen LogP contribution in [0.3, 0.4) is 0 Å². The number of piperidine rings is 1. The van der Waals surface area contributed by atoms with Gasteiger partial charge in [0, 0.05) is 38.5 Å². The maximum absolute atomic E-state index is 11.7. The van der Waals surface area contributed by atoms with Crippen molar-refractivity contribution in [3.63, 3.8) is 0 Å². The van der Waals surface area contributed by atoms with Crippen LogP contribution in [0.5, 0.6) is 11.5 Å². The monoisotopic (exact) mass is 417 g/mol. The minimum Gasteiger partial charge on any atom is -0.489 e. The van der Waals surface area contributed by atoms with Gasteiger partial charge in [-0.3, -0.25) is 9.69 Å². The van der Waals surface area contributed by atoms with E-state index < -0.39 is 0 Å². The molecular formula is C19H29Cl2N3O3. The molecule has 1 atom stereocenters. The van der Waals surface area contributed by atoms with Gasteiger partial charge in [0.2, 0.25) is 5.91 Å². The van der Waals surface area contributed by atoms with Gasteiger partial charge in [0.15, 0.2) is 11.5 Å². The number of nitrogens with one attached hydrogen (secondary N) is 1. The standard InChI is InChI=1S/C19H28ClN3O3.ClH/c20-16-10-14(11-17-19(16)26-9-3-8-25-17)13-23-7-2-1-4-15(23)12-22-18(24)5-6-21;/h10-11,15H,1-9,12-13,21H2,(H,22,24);1H. The fourth-order valence-electron chi connectivity index (χ4n) is 3.56. The van der Waals surface area contributed by atoms with Crippen LogP contribution in [0.1, 0.15) is 37.7 Å². The fourth-order valence-corrected chi connectivity index (χ4v) is 3.85. The first kappa shape index (κ1) is 22.1. The molecule has 3 N–H and O–H groups in total. The Morgan fingerprint density at radius 1 is 1.26 bits per heavy atom. The third-order valence-corrected chi connectivity index (χ3v) is 5.18. The molecule has 152 valence electrons. The minimum atomic E-state index is 0. The van der Waals surface area contributed by atoms with Gasteiger partial charge >= 0.3 is 0 Å². The Morgan fingerprint density at radius 3 is 2.89 bits per heavy atom. The highest BCUT2D eigenvalue weighted by molar-refractivity contribution is 6.32. The number of hydrogen-bond acceptors (Lipinski definition) is 5. The van der Waals surface area contributed by atoms with Crippen molar-refractivity contribution in [2.45, 2.75) is 44.7 Å². The Hall–Kier alpha value is -1.21. The Morgan fingerprint density at radius 2 is 2.07 bits per heavy atom. The summed E-state index contributed by atoms with van der Waals surface area (Å²) in [5, 5.41) is 3.61. The number of likely N-dealkylation sites (tertiary alicyclic amines) is 1. The molecule has 0 bridgehead atoms. The van der Waals surface area contributed by atoms with Crippen molar-refractivity contribution in [1.29, 1.82) is 0 Å². The summed E-state index contributed by atoms with van der Waals surface area (Å²) >= 11 is 6.42. The molecule has 1 fully saturated rings. The van der Waals surface area contributed by atoms with Gasteiger partial charge in [0.05, 0.1) is 18.2 Å². The van der Waals surface area contributed by atoms with Crippen molar-refractivity contribution in [3.05, 3.63) is 22.7 Å². The smallest absolute Gasteiger partial charge is 0.221 e. The van der Waals surface area contributed by atoms with Crippen LogP contribution in [0.2, 0.25) is 5.02 Å².